The summed E-state index contributed by atoms with van der Waals surface area (Å²) in [4.78, 5) is 13.2. The lowest BCUT2D eigenvalue weighted by Crippen LogP contribution is -2.60. The Hall–Kier alpha value is -1.59. The van der Waals surface area contributed by atoms with E-state index in [-0.39, 0.29) is 12.5 Å². The summed E-state index contributed by atoms with van der Waals surface area (Å²) in [5.74, 6) is -0.138. The molecule has 0 saturated carbocycles. The Balaban J connectivity index is 2.10. The molecule has 1 rings (SSSR count). The van der Waals surface area contributed by atoms with E-state index < -0.39 is 49.5 Å². The number of amides is 1. The Kier molecular flexibility index (Phi) is 59.7. The highest BCUT2D eigenvalue weighted by Crippen LogP contribution is 2.24. The van der Waals surface area contributed by atoms with Crippen LogP contribution in [0.15, 0.2) is 36.5 Å². The number of allylic oxidation sites excluding steroid dienone is 6. The molecule has 0 spiro atoms. The van der Waals surface area contributed by atoms with Crippen molar-refractivity contribution < 1.29 is 39.8 Å². The van der Waals surface area contributed by atoms with Crippen LogP contribution in [0.1, 0.15) is 367 Å². The molecule has 0 aromatic heterocycles. The number of rotatable bonds is 64. The van der Waals surface area contributed by atoms with Crippen LogP contribution < -0.4 is 5.32 Å². The van der Waals surface area contributed by atoms with Crippen molar-refractivity contribution in [2.45, 2.75) is 410 Å². The van der Waals surface area contributed by atoms with Gasteiger partial charge in [-0.1, -0.05) is 346 Å². The summed E-state index contributed by atoms with van der Waals surface area (Å²) in [6.45, 7) is 3.88. The highest BCUT2D eigenvalue weighted by Gasteiger charge is 2.44. The second-order valence-corrected chi connectivity index (χ2v) is 25.4. The standard InChI is InChI=1S/C73H139NO8/c1-3-5-7-9-11-13-15-17-19-21-23-25-27-29-31-33-34-35-37-39-41-43-45-47-49-51-53-55-57-59-61-63-69(77)74-66(65-81-73-72(80)71(79)70(78)68(64-75)82-73)67(76)62-60-58-56-54-52-50-48-46-44-42-40-38-36-32-30-28-26-24-22-20-18-16-14-12-10-8-6-4-2/h15,17,21,23,27,29,66-68,70-73,75-76,78-80H,3-14,16,18-20,22,24-26,28,30-65H2,1-2H3,(H,74,77)/b17-15-,23-21-,29-27-. The summed E-state index contributed by atoms with van der Waals surface area (Å²) in [6.07, 6.45) is 76.4. The molecule has 484 valence electrons. The van der Waals surface area contributed by atoms with E-state index in [4.69, 9.17) is 9.47 Å². The molecule has 0 bridgehead atoms. The van der Waals surface area contributed by atoms with Gasteiger partial charge in [0.05, 0.1) is 25.4 Å². The average molecular weight is 1160 g/mol. The number of hydrogen-bond acceptors (Lipinski definition) is 8. The van der Waals surface area contributed by atoms with Crippen molar-refractivity contribution in [3.63, 3.8) is 0 Å². The minimum atomic E-state index is -1.55. The molecule has 1 fully saturated rings. The maximum absolute atomic E-state index is 13.2. The lowest BCUT2D eigenvalue weighted by atomic mass is 9.99. The van der Waals surface area contributed by atoms with Gasteiger partial charge in [-0.15, -0.1) is 0 Å². The molecule has 1 heterocycles. The van der Waals surface area contributed by atoms with Crippen LogP contribution in [0, 0.1) is 0 Å². The van der Waals surface area contributed by atoms with Crippen LogP contribution in [0.4, 0.5) is 0 Å². The number of ether oxygens (including phenoxy) is 2. The third-order valence-electron chi connectivity index (χ3n) is 17.5. The van der Waals surface area contributed by atoms with Crippen molar-refractivity contribution in [2.24, 2.45) is 0 Å². The van der Waals surface area contributed by atoms with Crippen molar-refractivity contribution in [3.8, 4) is 0 Å². The Bertz CT molecular complexity index is 1390. The molecule has 7 atom stereocenters. The van der Waals surface area contributed by atoms with Gasteiger partial charge in [0.25, 0.3) is 0 Å². The van der Waals surface area contributed by atoms with Crippen LogP contribution in [-0.4, -0.2) is 87.5 Å². The number of hydrogen-bond donors (Lipinski definition) is 6. The quantitative estimate of drug-likeness (QED) is 0.0261. The molecule has 6 N–H and O–H groups in total. The average Bonchev–Trinajstić information content (AvgIpc) is 3.52. The first-order valence-electron chi connectivity index (χ1n) is 36.2. The molecule has 1 amide bonds. The van der Waals surface area contributed by atoms with Gasteiger partial charge in [-0.2, -0.15) is 0 Å². The molecule has 82 heavy (non-hydrogen) atoms. The Labute approximate surface area is 508 Å². The molecule has 1 saturated heterocycles. The second kappa shape index (κ2) is 62.5. The first kappa shape index (κ1) is 78.4. The van der Waals surface area contributed by atoms with Gasteiger partial charge in [0.2, 0.25) is 5.91 Å². The summed E-state index contributed by atoms with van der Waals surface area (Å²) in [7, 11) is 0. The SMILES string of the molecule is CCCCCCC/C=C\C/C=C\C/C=C\CCCCCCCCCCCCCCCCCCC(=O)NC(COC1OC(CO)C(O)C(O)C1O)C(O)CCCCCCCCCCCCCCCCCCCCCCCCCCCCCC. The predicted molar refractivity (Wildman–Crippen MR) is 350 cm³/mol. The normalized spacial score (nSPS) is 18.5. The van der Waals surface area contributed by atoms with Gasteiger partial charge in [0.15, 0.2) is 6.29 Å². The van der Waals surface area contributed by atoms with Gasteiger partial charge >= 0.3 is 0 Å². The van der Waals surface area contributed by atoms with Crippen LogP contribution in [0.2, 0.25) is 0 Å². The summed E-state index contributed by atoms with van der Waals surface area (Å²) < 4.78 is 11.4. The largest absolute Gasteiger partial charge is 0.394 e. The van der Waals surface area contributed by atoms with E-state index in [2.05, 4.69) is 55.6 Å². The zero-order valence-corrected chi connectivity index (χ0v) is 54.3. The number of aliphatic hydroxyl groups excluding tert-OH is 5. The number of carbonyl (C=O) groups excluding carboxylic acids is 1. The summed E-state index contributed by atoms with van der Waals surface area (Å²) in [5, 5.41) is 55.0. The van der Waals surface area contributed by atoms with E-state index in [9.17, 15) is 30.3 Å². The van der Waals surface area contributed by atoms with Crippen LogP contribution in [0.5, 0.6) is 0 Å². The van der Waals surface area contributed by atoms with Gasteiger partial charge in [-0.25, -0.2) is 0 Å². The molecular formula is C73H139NO8. The molecule has 9 nitrogen and oxygen atoms in total. The van der Waals surface area contributed by atoms with Gasteiger partial charge < -0.3 is 40.3 Å². The maximum Gasteiger partial charge on any atom is 0.220 e. The van der Waals surface area contributed by atoms with Crippen molar-refractivity contribution >= 4 is 5.91 Å². The van der Waals surface area contributed by atoms with Crippen molar-refractivity contribution in [2.75, 3.05) is 13.2 Å². The molecule has 9 heteroatoms. The smallest absolute Gasteiger partial charge is 0.220 e. The highest BCUT2D eigenvalue weighted by atomic mass is 16.7. The fourth-order valence-electron chi connectivity index (χ4n) is 11.8. The molecular weight excluding hydrogens is 1020 g/mol. The third-order valence-corrected chi connectivity index (χ3v) is 17.5. The number of unbranched alkanes of at least 4 members (excludes halogenated alkanes) is 48. The molecule has 0 aromatic rings. The van der Waals surface area contributed by atoms with E-state index in [0.29, 0.717) is 12.8 Å². The number of aliphatic hydroxyl groups is 5. The monoisotopic (exact) mass is 1160 g/mol. The Morgan fingerprint density at radius 1 is 0.415 bits per heavy atom. The Morgan fingerprint density at radius 2 is 0.720 bits per heavy atom. The van der Waals surface area contributed by atoms with Crippen molar-refractivity contribution in [3.05, 3.63) is 36.5 Å². The first-order chi connectivity index (χ1) is 40.3. The van der Waals surface area contributed by atoms with Gasteiger partial charge in [-0.3, -0.25) is 4.79 Å². The minimum Gasteiger partial charge on any atom is -0.394 e. The van der Waals surface area contributed by atoms with E-state index in [0.717, 1.165) is 51.4 Å². The molecule has 1 aliphatic heterocycles. The summed E-state index contributed by atoms with van der Waals surface area (Å²) >= 11 is 0. The molecule has 7 unspecified atom stereocenters. The summed E-state index contributed by atoms with van der Waals surface area (Å²) in [6, 6.07) is -0.720. The Morgan fingerprint density at radius 3 is 1.06 bits per heavy atom. The highest BCUT2D eigenvalue weighted by molar-refractivity contribution is 5.76. The molecule has 0 aromatic carbocycles. The van der Waals surface area contributed by atoms with Crippen LogP contribution in [0.3, 0.4) is 0 Å². The number of carbonyl (C=O) groups is 1. The predicted octanol–water partition coefficient (Wildman–Crippen LogP) is 19.8. The van der Waals surface area contributed by atoms with Crippen molar-refractivity contribution in [1.29, 1.82) is 0 Å². The van der Waals surface area contributed by atoms with Crippen molar-refractivity contribution in [1.82, 2.24) is 5.32 Å². The van der Waals surface area contributed by atoms with E-state index in [1.54, 1.807) is 0 Å². The lowest BCUT2D eigenvalue weighted by molar-refractivity contribution is -0.302. The molecule has 1 aliphatic rings. The zero-order chi connectivity index (χ0) is 59.3. The van der Waals surface area contributed by atoms with E-state index >= 15 is 0 Å². The molecule has 0 aliphatic carbocycles. The van der Waals surface area contributed by atoms with Crippen LogP contribution >= 0.6 is 0 Å². The van der Waals surface area contributed by atoms with Gasteiger partial charge in [0, 0.05) is 6.42 Å². The topological polar surface area (TPSA) is 149 Å². The van der Waals surface area contributed by atoms with Gasteiger partial charge in [0.1, 0.15) is 24.4 Å². The fourth-order valence-corrected chi connectivity index (χ4v) is 11.8. The van der Waals surface area contributed by atoms with Crippen LogP contribution in [0.25, 0.3) is 0 Å². The van der Waals surface area contributed by atoms with Gasteiger partial charge in [-0.05, 0) is 51.4 Å². The maximum atomic E-state index is 13.2. The van der Waals surface area contributed by atoms with E-state index in [1.165, 1.54) is 289 Å². The van der Waals surface area contributed by atoms with E-state index in [1.807, 2.05) is 0 Å². The molecule has 0 radical (unpaired) electrons. The first-order valence-corrected chi connectivity index (χ1v) is 36.2. The minimum absolute atomic E-state index is 0.135. The lowest BCUT2D eigenvalue weighted by Gasteiger charge is -2.40. The summed E-state index contributed by atoms with van der Waals surface area (Å²) in [5.41, 5.74) is 0. The number of nitrogens with one attached hydrogen (secondary N) is 1. The zero-order valence-electron chi connectivity index (χ0n) is 54.3. The fraction of sp³-hybridized carbons (Fsp3) is 0.904. The third kappa shape index (κ3) is 50.6. The second-order valence-electron chi connectivity index (χ2n) is 25.4. The van der Waals surface area contributed by atoms with Crippen LogP contribution in [-0.2, 0) is 14.3 Å².